The van der Waals surface area contributed by atoms with Crippen LogP contribution in [0.15, 0.2) is 29.2 Å². The summed E-state index contributed by atoms with van der Waals surface area (Å²) in [6, 6.07) is 6.07. The molecule has 0 aliphatic carbocycles. The maximum Gasteiger partial charge on any atom is 0.251 e. The summed E-state index contributed by atoms with van der Waals surface area (Å²) in [6.45, 7) is 10.4. The number of carbonyl (C=O) groups excluding carboxylic acids is 1. The zero-order valence-electron chi connectivity index (χ0n) is 17.2. The number of hydrogen-bond donors (Lipinski definition) is 1. The third-order valence-electron chi connectivity index (χ3n) is 4.34. The van der Waals surface area contributed by atoms with Crippen LogP contribution in [0.25, 0.3) is 0 Å². The van der Waals surface area contributed by atoms with Gasteiger partial charge in [0.2, 0.25) is 10.0 Å². The number of morpholine rings is 1. The Bertz CT molecular complexity index is 723. The first-order valence-corrected chi connectivity index (χ1v) is 11.3. The first kappa shape index (κ1) is 22.8. The van der Waals surface area contributed by atoms with E-state index in [-0.39, 0.29) is 23.0 Å². The van der Waals surface area contributed by atoms with E-state index in [0.29, 0.717) is 44.3 Å². The number of sulfonamides is 1. The lowest BCUT2D eigenvalue weighted by molar-refractivity contribution is -0.0440. The standard InChI is InChI=1S/C20H32N2O5S/c1-15(2)14-26-11-5-10-21-20(23)18-6-8-19(9-7-18)28(24,25)22-12-16(3)27-17(4)13-22/h6-9,15-17H,5,10-14H2,1-4H3,(H,21,23)/t16-,17-/m0/s1. The second kappa shape index (κ2) is 10.3. The Morgan fingerprint density at radius 3 is 2.39 bits per heavy atom. The van der Waals surface area contributed by atoms with Crippen LogP contribution in [0.3, 0.4) is 0 Å². The van der Waals surface area contributed by atoms with Crippen molar-refractivity contribution in [1.82, 2.24) is 9.62 Å². The van der Waals surface area contributed by atoms with Gasteiger partial charge in [-0.15, -0.1) is 0 Å². The minimum atomic E-state index is -3.60. The second-order valence-electron chi connectivity index (χ2n) is 7.68. The zero-order valence-corrected chi connectivity index (χ0v) is 18.0. The molecule has 7 nitrogen and oxygen atoms in total. The SMILES string of the molecule is CC(C)COCCCNC(=O)c1ccc(S(=O)(=O)N2C[C@H](C)O[C@@H](C)C2)cc1. The van der Waals surface area contributed by atoms with E-state index < -0.39 is 10.0 Å². The highest BCUT2D eigenvalue weighted by Gasteiger charge is 2.32. The quantitative estimate of drug-likeness (QED) is 0.629. The number of rotatable bonds is 9. The van der Waals surface area contributed by atoms with Crippen LogP contribution in [-0.4, -0.2) is 63.7 Å². The molecule has 1 fully saturated rings. The predicted octanol–water partition coefficient (Wildman–Crippen LogP) is 2.28. The summed E-state index contributed by atoms with van der Waals surface area (Å²) >= 11 is 0. The average molecular weight is 413 g/mol. The summed E-state index contributed by atoms with van der Waals surface area (Å²) in [6.07, 6.45) is 0.444. The first-order chi connectivity index (χ1) is 13.2. The van der Waals surface area contributed by atoms with Gasteiger partial charge in [-0.2, -0.15) is 4.31 Å². The molecule has 1 aromatic rings. The van der Waals surface area contributed by atoms with Gasteiger partial charge in [0.1, 0.15) is 0 Å². The molecule has 0 saturated carbocycles. The number of ether oxygens (including phenoxy) is 2. The molecule has 1 N–H and O–H groups in total. The van der Waals surface area contributed by atoms with Crippen molar-refractivity contribution in [3.8, 4) is 0 Å². The van der Waals surface area contributed by atoms with E-state index in [9.17, 15) is 13.2 Å². The van der Waals surface area contributed by atoms with Crippen molar-refractivity contribution in [3.05, 3.63) is 29.8 Å². The van der Waals surface area contributed by atoms with Crippen molar-refractivity contribution in [2.75, 3.05) is 32.8 Å². The molecule has 0 spiro atoms. The summed E-state index contributed by atoms with van der Waals surface area (Å²) < 4.78 is 38.2. The third-order valence-corrected chi connectivity index (χ3v) is 6.19. The van der Waals surface area contributed by atoms with Crippen molar-refractivity contribution in [1.29, 1.82) is 0 Å². The monoisotopic (exact) mass is 412 g/mol. The minimum Gasteiger partial charge on any atom is -0.381 e. The van der Waals surface area contributed by atoms with Gasteiger partial charge in [0, 0.05) is 38.4 Å². The van der Waals surface area contributed by atoms with E-state index in [1.165, 1.54) is 16.4 Å². The van der Waals surface area contributed by atoms with Crippen molar-refractivity contribution in [2.45, 2.75) is 51.2 Å². The Kier molecular flexibility index (Phi) is 8.42. The molecule has 1 aliphatic rings. The van der Waals surface area contributed by atoms with Crippen LogP contribution < -0.4 is 5.32 Å². The van der Waals surface area contributed by atoms with E-state index in [1.54, 1.807) is 12.1 Å². The fraction of sp³-hybridized carbons (Fsp3) is 0.650. The van der Waals surface area contributed by atoms with Gasteiger partial charge >= 0.3 is 0 Å². The van der Waals surface area contributed by atoms with Gasteiger partial charge in [-0.05, 0) is 50.5 Å². The molecule has 1 aliphatic heterocycles. The molecule has 0 radical (unpaired) electrons. The number of nitrogens with one attached hydrogen (secondary N) is 1. The number of nitrogens with zero attached hydrogens (tertiary/aromatic N) is 1. The number of carbonyl (C=O) groups is 1. The Balaban J connectivity index is 1.89. The molecule has 1 amide bonds. The average Bonchev–Trinajstić information content (AvgIpc) is 2.63. The van der Waals surface area contributed by atoms with Crippen LogP contribution in [0.5, 0.6) is 0 Å². The highest BCUT2D eigenvalue weighted by molar-refractivity contribution is 7.89. The molecule has 1 saturated heterocycles. The number of hydrogen-bond acceptors (Lipinski definition) is 5. The number of benzene rings is 1. The predicted molar refractivity (Wildman–Crippen MR) is 108 cm³/mol. The molecule has 0 bridgehead atoms. The van der Waals surface area contributed by atoms with Crippen LogP contribution >= 0.6 is 0 Å². The summed E-state index contributed by atoms with van der Waals surface area (Å²) in [5.74, 6) is 0.273. The summed E-state index contributed by atoms with van der Waals surface area (Å²) in [5, 5.41) is 2.82. The highest BCUT2D eigenvalue weighted by atomic mass is 32.2. The lowest BCUT2D eigenvalue weighted by Crippen LogP contribution is -2.48. The molecular weight excluding hydrogens is 380 g/mol. The number of amides is 1. The van der Waals surface area contributed by atoms with Gasteiger partial charge in [0.15, 0.2) is 0 Å². The van der Waals surface area contributed by atoms with Crippen molar-refractivity contribution in [2.24, 2.45) is 5.92 Å². The van der Waals surface area contributed by atoms with Crippen LogP contribution in [0.2, 0.25) is 0 Å². The van der Waals surface area contributed by atoms with Gasteiger partial charge in [0.05, 0.1) is 17.1 Å². The lowest BCUT2D eigenvalue weighted by Gasteiger charge is -2.34. The Labute approximate surface area is 168 Å². The molecule has 1 aromatic carbocycles. The van der Waals surface area contributed by atoms with Crippen LogP contribution in [0.1, 0.15) is 44.5 Å². The van der Waals surface area contributed by atoms with Gasteiger partial charge in [-0.3, -0.25) is 4.79 Å². The molecule has 0 aromatic heterocycles. The maximum absolute atomic E-state index is 12.8. The normalized spacial score (nSPS) is 21.0. The van der Waals surface area contributed by atoms with E-state index in [4.69, 9.17) is 9.47 Å². The van der Waals surface area contributed by atoms with E-state index in [2.05, 4.69) is 19.2 Å². The van der Waals surface area contributed by atoms with Crippen molar-refractivity contribution < 1.29 is 22.7 Å². The smallest absolute Gasteiger partial charge is 0.251 e. The van der Waals surface area contributed by atoms with Crippen LogP contribution in [0, 0.1) is 5.92 Å². The fourth-order valence-corrected chi connectivity index (χ4v) is 4.64. The molecule has 8 heteroatoms. The van der Waals surface area contributed by atoms with Crippen LogP contribution in [0.4, 0.5) is 0 Å². The Morgan fingerprint density at radius 1 is 1.21 bits per heavy atom. The van der Waals surface area contributed by atoms with Gasteiger partial charge < -0.3 is 14.8 Å². The van der Waals surface area contributed by atoms with Crippen LogP contribution in [-0.2, 0) is 19.5 Å². The first-order valence-electron chi connectivity index (χ1n) is 9.81. The summed E-state index contributed by atoms with van der Waals surface area (Å²) in [5.41, 5.74) is 0.436. The fourth-order valence-electron chi connectivity index (χ4n) is 3.05. The Morgan fingerprint density at radius 2 is 1.82 bits per heavy atom. The maximum atomic E-state index is 12.8. The molecule has 1 heterocycles. The third kappa shape index (κ3) is 6.55. The van der Waals surface area contributed by atoms with E-state index >= 15 is 0 Å². The summed E-state index contributed by atoms with van der Waals surface area (Å²) in [4.78, 5) is 12.4. The lowest BCUT2D eigenvalue weighted by atomic mass is 10.2. The molecule has 2 atom stereocenters. The van der Waals surface area contributed by atoms with Crippen molar-refractivity contribution in [3.63, 3.8) is 0 Å². The topological polar surface area (TPSA) is 84.9 Å². The largest absolute Gasteiger partial charge is 0.381 e. The molecule has 28 heavy (non-hydrogen) atoms. The van der Waals surface area contributed by atoms with Gasteiger partial charge in [-0.1, -0.05) is 13.8 Å². The van der Waals surface area contributed by atoms with Gasteiger partial charge in [-0.25, -0.2) is 8.42 Å². The molecule has 0 unspecified atom stereocenters. The van der Waals surface area contributed by atoms with E-state index in [0.717, 1.165) is 6.42 Å². The zero-order chi connectivity index (χ0) is 20.7. The summed E-state index contributed by atoms with van der Waals surface area (Å²) in [7, 11) is -3.60. The highest BCUT2D eigenvalue weighted by Crippen LogP contribution is 2.21. The Hall–Kier alpha value is -1.48. The minimum absolute atomic E-state index is 0.145. The molecular formula is C20H32N2O5S. The molecule has 158 valence electrons. The second-order valence-corrected chi connectivity index (χ2v) is 9.62. The van der Waals surface area contributed by atoms with E-state index in [1.807, 2.05) is 13.8 Å². The molecule has 2 rings (SSSR count). The van der Waals surface area contributed by atoms with Gasteiger partial charge in [0.25, 0.3) is 5.91 Å². The van der Waals surface area contributed by atoms with Crippen molar-refractivity contribution >= 4 is 15.9 Å².